The van der Waals surface area contributed by atoms with E-state index in [2.05, 4.69) is 5.32 Å². The Balaban J connectivity index is 0. The standard InChI is InChI=1S/C10H19NO3.C7H14O3/c1-4-5-7(2)9(13)10(14)11-6-8(3)12;1-3-4-5(2)6(8)7(9)10/h7,9,13H,4-6H2,1-3H3,(H,11,14);5-6,8H,3-4H2,1-2H3,(H,9,10). The number of aliphatic carboxylic acids is 1. The maximum atomic E-state index is 11.3. The maximum absolute atomic E-state index is 11.3. The van der Waals surface area contributed by atoms with Crippen molar-refractivity contribution in [2.24, 2.45) is 11.8 Å². The van der Waals surface area contributed by atoms with E-state index in [1.165, 1.54) is 6.92 Å². The number of Topliss-reactive ketones (excluding diaryl/α,β-unsaturated/α-hetero) is 1. The molecular weight excluding hydrogens is 314 g/mol. The van der Waals surface area contributed by atoms with Crippen LogP contribution >= 0.6 is 0 Å². The second-order valence-electron chi connectivity index (χ2n) is 6.18. The van der Waals surface area contributed by atoms with Gasteiger partial charge in [-0.15, -0.1) is 0 Å². The van der Waals surface area contributed by atoms with Crippen LogP contribution in [0.2, 0.25) is 0 Å². The van der Waals surface area contributed by atoms with Gasteiger partial charge in [0.25, 0.3) is 0 Å². The van der Waals surface area contributed by atoms with E-state index in [1.54, 1.807) is 6.92 Å². The van der Waals surface area contributed by atoms with Gasteiger partial charge in [0.2, 0.25) is 5.91 Å². The van der Waals surface area contributed by atoms with Crippen molar-refractivity contribution in [3.63, 3.8) is 0 Å². The lowest BCUT2D eigenvalue weighted by molar-refractivity contribution is -0.149. The quantitative estimate of drug-likeness (QED) is 0.473. The molecular formula is C17H33NO6. The lowest BCUT2D eigenvalue weighted by Crippen LogP contribution is -2.40. The van der Waals surface area contributed by atoms with Crippen LogP contribution in [0.5, 0.6) is 0 Å². The zero-order valence-corrected chi connectivity index (χ0v) is 15.4. The number of ketones is 1. The normalized spacial score (nSPS) is 15.3. The summed E-state index contributed by atoms with van der Waals surface area (Å²) in [5.74, 6) is -1.90. The number of hydrogen-bond donors (Lipinski definition) is 4. The summed E-state index contributed by atoms with van der Waals surface area (Å²) in [6.45, 7) is 8.91. The van der Waals surface area contributed by atoms with Crippen LogP contribution in [0.1, 0.15) is 60.3 Å². The molecule has 4 N–H and O–H groups in total. The van der Waals surface area contributed by atoms with E-state index >= 15 is 0 Å². The lowest BCUT2D eigenvalue weighted by Gasteiger charge is -2.17. The number of carbonyl (C=O) groups is 3. The number of hydrogen-bond acceptors (Lipinski definition) is 5. The molecule has 0 aromatic heterocycles. The van der Waals surface area contributed by atoms with E-state index < -0.39 is 24.1 Å². The highest BCUT2D eigenvalue weighted by Crippen LogP contribution is 2.10. The van der Waals surface area contributed by atoms with Crippen LogP contribution < -0.4 is 5.32 Å². The minimum atomic E-state index is -1.19. The summed E-state index contributed by atoms with van der Waals surface area (Å²) >= 11 is 0. The summed E-state index contributed by atoms with van der Waals surface area (Å²) in [5.41, 5.74) is 0. The highest BCUT2D eigenvalue weighted by Gasteiger charge is 2.21. The molecule has 4 atom stereocenters. The van der Waals surface area contributed by atoms with Crippen molar-refractivity contribution < 1.29 is 29.7 Å². The number of nitrogens with one attached hydrogen (secondary N) is 1. The Morgan fingerprint density at radius 2 is 1.33 bits per heavy atom. The van der Waals surface area contributed by atoms with Gasteiger partial charge in [0, 0.05) is 0 Å². The number of carboxylic acid groups (broad SMARTS) is 1. The van der Waals surface area contributed by atoms with Crippen molar-refractivity contribution >= 4 is 17.7 Å². The smallest absolute Gasteiger partial charge is 0.332 e. The molecule has 0 aromatic rings. The monoisotopic (exact) mass is 347 g/mol. The first-order chi connectivity index (χ1) is 11.1. The first-order valence-corrected chi connectivity index (χ1v) is 8.44. The van der Waals surface area contributed by atoms with E-state index in [1.807, 2.05) is 20.8 Å². The van der Waals surface area contributed by atoms with Crippen LogP contribution in [0, 0.1) is 11.8 Å². The Kier molecular flexibility index (Phi) is 14.4. The molecule has 0 radical (unpaired) electrons. The molecule has 142 valence electrons. The zero-order chi connectivity index (χ0) is 19.3. The van der Waals surface area contributed by atoms with Crippen LogP contribution in [-0.4, -0.2) is 51.7 Å². The Morgan fingerprint density at radius 3 is 1.67 bits per heavy atom. The van der Waals surface area contributed by atoms with Crippen LogP contribution in [0.3, 0.4) is 0 Å². The van der Waals surface area contributed by atoms with E-state index in [-0.39, 0.29) is 24.2 Å². The summed E-state index contributed by atoms with van der Waals surface area (Å²) in [6, 6.07) is 0. The van der Waals surface area contributed by atoms with Crippen molar-refractivity contribution in [1.82, 2.24) is 5.32 Å². The van der Waals surface area contributed by atoms with Gasteiger partial charge in [0.05, 0.1) is 6.54 Å². The van der Waals surface area contributed by atoms with Gasteiger partial charge in [-0.05, 0) is 31.6 Å². The van der Waals surface area contributed by atoms with Crippen molar-refractivity contribution in [3.05, 3.63) is 0 Å². The predicted molar refractivity (Wildman–Crippen MR) is 91.5 cm³/mol. The highest BCUT2D eigenvalue weighted by molar-refractivity contribution is 5.86. The highest BCUT2D eigenvalue weighted by atomic mass is 16.4. The van der Waals surface area contributed by atoms with Gasteiger partial charge in [0.1, 0.15) is 11.9 Å². The van der Waals surface area contributed by atoms with Crippen LogP contribution in [-0.2, 0) is 14.4 Å². The Labute approximate surface area is 144 Å². The maximum Gasteiger partial charge on any atom is 0.332 e. The van der Waals surface area contributed by atoms with Crippen LogP contribution in [0.4, 0.5) is 0 Å². The molecule has 0 rings (SSSR count). The number of carboxylic acids is 1. The van der Waals surface area contributed by atoms with Gasteiger partial charge in [-0.2, -0.15) is 0 Å². The minimum absolute atomic E-state index is 0.00522. The van der Waals surface area contributed by atoms with Gasteiger partial charge in [-0.3, -0.25) is 9.59 Å². The minimum Gasteiger partial charge on any atom is -0.479 e. The summed E-state index contributed by atoms with van der Waals surface area (Å²) in [5, 5.41) is 29.1. The Bertz CT molecular complexity index is 385. The lowest BCUT2D eigenvalue weighted by atomic mass is 9.99. The molecule has 0 aromatic carbocycles. The van der Waals surface area contributed by atoms with Crippen LogP contribution in [0.25, 0.3) is 0 Å². The molecule has 4 unspecified atom stereocenters. The number of rotatable bonds is 10. The third kappa shape index (κ3) is 12.0. The van der Waals surface area contributed by atoms with E-state index in [0.717, 1.165) is 25.7 Å². The first kappa shape index (κ1) is 24.8. The number of carbonyl (C=O) groups excluding carboxylic acids is 2. The van der Waals surface area contributed by atoms with Crippen molar-refractivity contribution in [2.45, 2.75) is 72.5 Å². The Morgan fingerprint density at radius 1 is 0.917 bits per heavy atom. The molecule has 0 heterocycles. The van der Waals surface area contributed by atoms with Gasteiger partial charge >= 0.3 is 5.97 Å². The second kappa shape index (κ2) is 13.9. The third-order valence-corrected chi connectivity index (χ3v) is 3.60. The van der Waals surface area contributed by atoms with E-state index in [0.29, 0.717) is 0 Å². The number of aliphatic hydroxyl groups excluding tert-OH is 2. The fourth-order valence-electron chi connectivity index (χ4n) is 2.04. The molecule has 0 saturated heterocycles. The van der Waals surface area contributed by atoms with Crippen LogP contribution in [0.15, 0.2) is 0 Å². The summed E-state index contributed by atoms with van der Waals surface area (Å²) in [7, 11) is 0. The molecule has 0 aliphatic rings. The largest absolute Gasteiger partial charge is 0.479 e. The first-order valence-electron chi connectivity index (χ1n) is 8.44. The second-order valence-corrected chi connectivity index (χ2v) is 6.18. The van der Waals surface area contributed by atoms with E-state index in [9.17, 15) is 19.5 Å². The van der Waals surface area contributed by atoms with Gasteiger partial charge in [-0.1, -0.05) is 40.5 Å². The van der Waals surface area contributed by atoms with Gasteiger partial charge < -0.3 is 20.6 Å². The number of aliphatic hydroxyl groups is 2. The van der Waals surface area contributed by atoms with Crippen molar-refractivity contribution in [1.29, 1.82) is 0 Å². The molecule has 24 heavy (non-hydrogen) atoms. The molecule has 0 aliphatic heterocycles. The van der Waals surface area contributed by atoms with Crippen molar-refractivity contribution in [2.75, 3.05) is 6.54 Å². The molecule has 0 fully saturated rings. The Hall–Kier alpha value is -1.47. The fraction of sp³-hybridized carbons (Fsp3) is 0.824. The third-order valence-electron chi connectivity index (χ3n) is 3.60. The van der Waals surface area contributed by atoms with E-state index in [4.69, 9.17) is 10.2 Å². The SMILES string of the molecule is CCCC(C)C(O)C(=O)NCC(C)=O.CCCC(C)C(O)C(=O)O. The van der Waals surface area contributed by atoms with Crippen molar-refractivity contribution in [3.8, 4) is 0 Å². The molecule has 7 nitrogen and oxygen atoms in total. The summed E-state index contributed by atoms with van der Waals surface area (Å²) in [6.07, 6.45) is 1.19. The zero-order valence-electron chi connectivity index (χ0n) is 15.4. The molecule has 0 bridgehead atoms. The molecule has 7 heteroatoms. The summed E-state index contributed by atoms with van der Waals surface area (Å²) in [4.78, 5) is 32.0. The molecule has 0 aliphatic carbocycles. The molecule has 1 amide bonds. The molecule has 0 saturated carbocycles. The fourth-order valence-corrected chi connectivity index (χ4v) is 2.04. The average molecular weight is 347 g/mol. The van der Waals surface area contributed by atoms with Gasteiger partial charge in [-0.25, -0.2) is 4.79 Å². The predicted octanol–water partition coefficient (Wildman–Crippen LogP) is 1.36. The topological polar surface area (TPSA) is 124 Å². The summed E-state index contributed by atoms with van der Waals surface area (Å²) < 4.78 is 0. The number of amides is 1. The average Bonchev–Trinajstić information content (AvgIpc) is 2.51. The molecule has 0 spiro atoms. The van der Waals surface area contributed by atoms with Gasteiger partial charge in [0.15, 0.2) is 6.10 Å².